The highest BCUT2D eigenvalue weighted by Crippen LogP contribution is 2.19. The van der Waals surface area contributed by atoms with Crippen LogP contribution in [-0.4, -0.2) is 11.8 Å². The standard InChI is InChI=1S/C11H12ClN/c1-8-2-7-11(13-8)9-3-5-10(12)6-4-9/h3-6,8H,2,7H2,1H3. The van der Waals surface area contributed by atoms with Crippen molar-refractivity contribution < 1.29 is 0 Å². The average Bonchev–Trinajstić information content (AvgIpc) is 2.53. The van der Waals surface area contributed by atoms with E-state index in [9.17, 15) is 0 Å². The number of nitrogens with zero attached hydrogens (tertiary/aromatic N) is 1. The normalized spacial score (nSPS) is 21.7. The Hall–Kier alpha value is -0.820. The molecule has 0 radical (unpaired) electrons. The first-order valence-corrected chi connectivity index (χ1v) is 4.96. The number of halogens is 1. The highest BCUT2D eigenvalue weighted by atomic mass is 35.5. The molecule has 1 heterocycles. The molecule has 2 heteroatoms. The van der Waals surface area contributed by atoms with Crippen LogP contribution >= 0.6 is 11.6 Å². The molecule has 1 aliphatic rings. The van der Waals surface area contributed by atoms with Gasteiger partial charge in [0.1, 0.15) is 0 Å². The summed E-state index contributed by atoms with van der Waals surface area (Å²) in [6.45, 7) is 2.16. The minimum atomic E-state index is 0.491. The second-order valence-corrected chi connectivity index (χ2v) is 3.91. The summed E-state index contributed by atoms with van der Waals surface area (Å²) in [5.41, 5.74) is 2.44. The first kappa shape index (κ1) is 8.76. The maximum Gasteiger partial charge on any atom is 0.0478 e. The van der Waals surface area contributed by atoms with Gasteiger partial charge >= 0.3 is 0 Å². The Morgan fingerprint density at radius 3 is 2.54 bits per heavy atom. The Bertz CT molecular complexity index is 326. The minimum Gasteiger partial charge on any atom is -0.286 e. The van der Waals surface area contributed by atoms with Crippen molar-refractivity contribution in [3.8, 4) is 0 Å². The maximum atomic E-state index is 5.81. The number of benzene rings is 1. The SMILES string of the molecule is CC1CCC(c2ccc(Cl)cc2)=N1. The molecule has 0 N–H and O–H groups in total. The van der Waals surface area contributed by atoms with Crippen molar-refractivity contribution in [1.29, 1.82) is 0 Å². The lowest BCUT2D eigenvalue weighted by molar-refractivity contribution is 0.739. The van der Waals surface area contributed by atoms with Crippen LogP contribution in [0.5, 0.6) is 0 Å². The van der Waals surface area contributed by atoms with Crippen molar-refractivity contribution in [1.82, 2.24) is 0 Å². The number of rotatable bonds is 1. The third kappa shape index (κ3) is 1.92. The molecule has 2 rings (SSSR count). The molecule has 68 valence electrons. The summed E-state index contributed by atoms with van der Waals surface area (Å²) in [4.78, 5) is 4.56. The molecule has 0 fully saturated rings. The molecule has 0 spiro atoms. The van der Waals surface area contributed by atoms with Crippen LogP contribution in [0.4, 0.5) is 0 Å². The number of hydrogen-bond donors (Lipinski definition) is 0. The van der Waals surface area contributed by atoms with Gasteiger partial charge in [0.25, 0.3) is 0 Å². The summed E-state index contributed by atoms with van der Waals surface area (Å²) >= 11 is 5.81. The summed E-state index contributed by atoms with van der Waals surface area (Å²) in [7, 11) is 0. The van der Waals surface area contributed by atoms with Gasteiger partial charge in [0.15, 0.2) is 0 Å². The van der Waals surface area contributed by atoms with Gasteiger partial charge in [-0.3, -0.25) is 4.99 Å². The third-order valence-corrected chi connectivity index (χ3v) is 2.60. The van der Waals surface area contributed by atoms with Crippen LogP contribution in [0.25, 0.3) is 0 Å². The predicted octanol–water partition coefficient (Wildman–Crippen LogP) is 3.31. The van der Waals surface area contributed by atoms with E-state index in [4.69, 9.17) is 11.6 Å². The largest absolute Gasteiger partial charge is 0.286 e. The minimum absolute atomic E-state index is 0.491. The van der Waals surface area contributed by atoms with Gasteiger partial charge in [-0.25, -0.2) is 0 Å². The van der Waals surface area contributed by atoms with Crippen LogP contribution in [0.3, 0.4) is 0 Å². The van der Waals surface area contributed by atoms with Crippen LogP contribution in [0, 0.1) is 0 Å². The van der Waals surface area contributed by atoms with E-state index < -0.39 is 0 Å². The van der Waals surface area contributed by atoms with Crippen LogP contribution in [0.2, 0.25) is 5.02 Å². The summed E-state index contributed by atoms with van der Waals surface area (Å²) in [5.74, 6) is 0. The van der Waals surface area contributed by atoms with E-state index in [1.165, 1.54) is 17.7 Å². The van der Waals surface area contributed by atoms with Crippen LogP contribution in [0.15, 0.2) is 29.3 Å². The van der Waals surface area contributed by atoms with Crippen molar-refractivity contribution in [3.63, 3.8) is 0 Å². The van der Waals surface area contributed by atoms with Crippen LogP contribution in [0.1, 0.15) is 25.3 Å². The molecule has 0 saturated heterocycles. The molecule has 0 aromatic heterocycles. The van der Waals surface area contributed by atoms with Crippen LogP contribution in [-0.2, 0) is 0 Å². The Morgan fingerprint density at radius 1 is 1.31 bits per heavy atom. The first-order valence-electron chi connectivity index (χ1n) is 4.58. The van der Waals surface area contributed by atoms with Crippen molar-refractivity contribution in [2.75, 3.05) is 0 Å². The Labute approximate surface area is 83.4 Å². The highest BCUT2D eigenvalue weighted by molar-refractivity contribution is 6.30. The van der Waals surface area contributed by atoms with E-state index >= 15 is 0 Å². The molecule has 0 aliphatic carbocycles. The van der Waals surface area contributed by atoms with Crippen molar-refractivity contribution in [2.45, 2.75) is 25.8 Å². The van der Waals surface area contributed by atoms with Gasteiger partial charge in [0.05, 0.1) is 0 Å². The second-order valence-electron chi connectivity index (χ2n) is 3.47. The monoisotopic (exact) mass is 193 g/mol. The molecule has 1 unspecified atom stereocenters. The third-order valence-electron chi connectivity index (χ3n) is 2.35. The number of hydrogen-bond acceptors (Lipinski definition) is 1. The predicted molar refractivity (Wildman–Crippen MR) is 56.7 cm³/mol. The van der Waals surface area contributed by atoms with Gasteiger partial charge in [-0.15, -0.1) is 0 Å². The topological polar surface area (TPSA) is 12.4 Å². The Morgan fingerprint density at radius 2 is 2.00 bits per heavy atom. The lowest BCUT2D eigenvalue weighted by atomic mass is 10.1. The fourth-order valence-corrected chi connectivity index (χ4v) is 1.73. The van der Waals surface area contributed by atoms with Gasteiger partial charge in [-0.2, -0.15) is 0 Å². The number of aliphatic imine (C=N–C) groups is 1. The van der Waals surface area contributed by atoms with Gasteiger partial charge in [0.2, 0.25) is 0 Å². The molecular weight excluding hydrogens is 182 g/mol. The molecule has 1 nitrogen and oxygen atoms in total. The molecule has 0 amide bonds. The summed E-state index contributed by atoms with van der Waals surface area (Å²) in [6, 6.07) is 8.41. The molecule has 13 heavy (non-hydrogen) atoms. The van der Waals surface area contributed by atoms with E-state index in [-0.39, 0.29) is 0 Å². The van der Waals surface area contributed by atoms with E-state index in [1.54, 1.807) is 0 Å². The zero-order valence-electron chi connectivity index (χ0n) is 7.63. The quantitative estimate of drug-likeness (QED) is 0.649. The van der Waals surface area contributed by atoms with Gasteiger partial charge in [-0.05, 0) is 37.5 Å². The molecular formula is C11H12ClN. The zero-order valence-corrected chi connectivity index (χ0v) is 8.38. The average molecular weight is 194 g/mol. The Balaban J connectivity index is 2.26. The molecule has 1 atom stereocenters. The summed E-state index contributed by atoms with van der Waals surface area (Å²) in [6.07, 6.45) is 2.28. The second kappa shape index (κ2) is 3.51. The van der Waals surface area contributed by atoms with Gasteiger partial charge < -0.3 is 0 Å². The summed E-state index contributed by atoms with van der Waals surface area (Å²) < 4.78 is 0. The molecule has 1 aliphatic heterocycles. The lowest BCUT2D eigenvalue weighted by Crippen LogP contribution is -1.94. The van der Waals surface area contributed by atoms with Crippen molar-refractivity contribution in [2.24, 2.45) is 4.99 Å². The fraction of sp³-hybridized carbons (Fsp3) is 0.364. The fourth-order valence-electron chi connectivity index (χ4n) is 1.60. The van der Waals surface area contributed by atoms with E-state index in [1.807, 2.05) is 24.3 Å². The molecule has 0 bridgehead atoms. The molecule has 0 saturated carbocycles. The zero-order chi connectivity index (χ0) is 9.26. The van der Waals surface area contributed by atoms with E-state index in [0.717, 1.165) is 11.4 Å². The lowest BCUT2D eigenvalue weighted by Gasteiger charge is -1.99. The van der Waals surface area contributed by atoms with Crippen LogP contribution < -0.4 is 0 Å². The maximum absolute atomic E-state index is 5.81. The molecule has 1 aromatic carbocycles. The van der Waals surface area contributed by atoms with Crippen molar-refractivity contribution >= 4 is 17.3 Å². The Kier molecular flexibility index (Phi) is 2.36. The van der Waals surface area contributed by atoms with Gasteiger partial charge in [-0.1, -0.05) is 23.7 Å². The molecule has 1 aromatic rings. The smallest absolute Gasteiger partial charge is 0.0478 e. The van der Waals surface area contributed by atoms with E-state index in [0.29, 0.717) is 6.04 Å². The van der Waals surface area contributed by atoms with Crippen molar-refractivity contribution in [3.05, 3.63) is 34.9 Å². The summed E-state index contributed by atoms with van der Waals surface area (Å²) in [5, 5.41) is 0.787. The first-order chi connectivity index (χ1) is 6.25. The van der Waals surface area contributed by atoms with E-state index in [2.05, 4.69) is 11.9 Å². The highest BCUT2D eigenvalue weighted by Gasteiger charge is 2.13. The van der Waals surface area contributed by atoms with Gasteiger partial charge in [0, 0.05) is 16.8 Å².